The number of aliphatic hydroxyl groups is 1. The minimum Gasteiger partial charge on any atom is -0.391 e. The highest BCUT2D eigenvalue weighted by Crippen LogP contribution is 2.40. The Morgan fingerprint density at radius 3 is 2.48 bits per heavy atom. The van der Waals surface area contributed by atoms with E-state index in [0.29, 0.717) is 18.5 Å². The molecule has 2 fully saturated rings. The number of rotatable bonds is 5. The summed E-state index contributed by atoms with van der Waals surface area (Å²) in [5.74, 6) is -4.29. The van der Waals surface area contributed by atoms with Gasteiger partial charge in [0.2, 0.25) is 0 Å². The molecule has 0 unspecified atom stereocenters. The third-order valence-electron chi connectivity index (χ3n) is 7.94. The fourth-order valence-corrected chi connectivity index (χ4v) is 5.67. The van der Waals surface area contributed by atoms with E-state index in [2.05, 4.69) is 15.3 Å². The number of nitrogens with one attached hydrogen (secondary N) is 1. The van der Waals surface area contributed by atoms with Crippen molar-refractivity contribution in [1.82, 2.24) is 9.97 Å². The summed E-state index contributed by atoms with van der Waals surface area (Å²) in [5.41, 5.74) is 3.32. The summed E-state index contributed by atoms with van der Waals surface area (Å²) in [6.45, 7) is 2.13. The van der Waals surface area contributed by atoms with Crippen LogP contribution < -0.4 is 11.1 Å². The van der Waals surface area contributed by atoms with Crippen molar-refractivity contribution in [1.29, 1.82) is 0 Å². The van der Waals surface area contributed by atoms with Crippen LogP contribution in [0.5, 0.6) is 0 Å². The van der Waals surface area contributed by atoms with Crippen LogP contribution in [0.25, 0.3) is 11.3 Å². The van der Waals surface area contributed by atoms with E-state index in [1.165, 1.54) is 6.20 Å². The predicted molar refractivity (Wildman–Crippen MR) is 140 cm³/mol. The molecule has 1 aliphatic heterocycles. The number of nitrogens with zero attached hydrogens (tertiary/aromatic N) is 2. The van der Waals surface area contributed by atoms with E-state index in [-0.39, 0.29) is 49.1 Å². The van der Waals surface area contributed by atoms with E-state index >= 15 is 13.2 Å². The Kier molecular flexibility index (Phi) is 7.89. The molecule has 0 spiro atoms. The van der Waals surface area contributed by atoms with Gasteiger partial charge in [-0.2, -0.15) is 0 Å². The summed E-state index contributed by atoms with van der Waals surface area (Å²) >= 11 is 0. The third-order valence-corrected chi connectivity index (χ3v) is 7.94. The Bertz CT molecular complexity index is 1380. The molecule has 2 aliphatic rings. The van der Waals surface area contributed by atoms with Crippen LogP contribution in [0, 0.1) is 23.4 Å². The van der Waals surface area contributed by atoms with Crippen molar-refractivity contribution in [3.63, 3.8) is 0 Å². The van der Waals surface area contributed by atoms with E-state index in [1.54, 1.807) is 12.3 Å². The summed E-state index contributed by atoms with van der Waals surface area (Å²) in [5, 5.41) is 12.9. The minimum absolute atomic E-state index is 0.0540. The van der Waals surface area contributed by atoms with Gasteiger partial charge in [0, 0.05) is 38.3 Å². The molecule has 0 radical (unpaired) electrons. The number of nitrogens with two attached hydrogens (primary N) is 1. The van der Waals surface area contributed by atoms with Gasteiger partial charge >= 0.3 is 0 Å². The highest BCUT2D eigenvalue weighted by atomic mass is 19.1. The van der Waals surface area contributed by atoms with Crippen molar-refractivity contribution in [3.8, 4) is 11.3 Å². The normalized spacial score (nSPS) is 24.5. The molecule has 4 atom stereocenters. The highest BCUT2D eigenvalue weighted by Gasteiger charge is 2.37. The lowest BCUT2D eigenvalue weighted by Gasteiger charge is -2.36. The van der Waals surface area contributed by atoms with Gasteiger partial charge in [0.05, 0.1) is 23.6 Å². The Balaban J connectivity index is 1.42. The lowest BCUT2D eigenvalue weighted by molar-refractivity contribution is -0.0117. The maximum atomic E-state index is 15.3. The van der Waals surface area contributed by atoms with Crippen molar-refractivity contribution in [2.45, 2.75) is 56.3 Å². The predicted octanol–water partition coefficient (Wildman–Crippen LogP) is 4.99. The molecule has 0 bridgehead atoms. The van der Waals surface area contributed by atoms with Gasteiger partial charge < -0.3 is 20.9 Å². The zero-order valence-electron chi connectivity index (χ0n) is 21.8. The molecule has 4 N–H and O–H groups in total. The Morgan fingerprint density at radius 1 is 1.10 bits per heavy atom. The standard InChI is InChI=1S/C29H30F4N4O3/c1-15-10-16(11-22(34)27(15)38)18-4-7-35-14-24(18)37-28(39)23-3-2-19(30)26(36-23)25-20(31)12-17(13-21(25)32)29(33)5-8-40-9-6-29/h2-4,7,12-16,22,27,38H,5-6,8-11,34H2,1H3,(H,37,39)/t15-,16+,22+,27-/m0/s1. The maximum absolute atomic E-state index is 15.3. The van der Waals surface area contributed by atoms with Crippen molar-refractivity contribution < 1.29 is 32.2 Å². The van der Waals surface area contributed by atoms with Gasteiger partial charge in [-0.15, -0.1) is 0 Å². The van der Waals surface area contributed by atoms with Crippen LogP contribution >= 0.6 is 0 Å². The first-order valence-corrected chi connectivity index (χ1v) is 13.2. The summed E-state index contributed by atoms with van der Waals surface area (Å²) in [7, 11) is 0. The maximum Gasteiger partial charge on any atom is 0.274 e. The molecule has 7 nitrogen and oxygen atoms in total. The second-order valence-corrected chi connectivity index (χ2v) is 10.6. The van der Waals surface area contributed by atoms with Crippen LogP contribution in [-0.4, -0.2) is 46.3 Å². The molecular formula is C29H30F4N4O3. The first-order valence-electron chi connectivity index (χ1n) is 13.2. The number of aliphatic hydroxyl groups excluding tert-OH is 1. The number of carbonyl (C=O) groups is 1. The smallest absolute Gasteiger partial charge is 0.274 e. The van der Waals surface area contributed by atoms with E-state index < -0.39 is 52.4 Å². The summed E-state index contributed by atoms with van der Waals surface area (Å²) in [6, 6.07) is 5.00. The second kappa shape index (κ2) is 11.2. The molecule has 3 aromatic rings. The van der Waals surface area contributed by atoms with Crippen LogP contribution in [0.3, 0.4) is 0 Å². The van der Waals surface area contributed by atoms with E-state index in [4.69, 9.17) is 10.5 Å². The zero-order chi connectivity index (χ0) is 28.6. The number of amides is 1. The van der Waals surface area contributed by atoms with Crippen LogP contribution in [0.2, 0.25) is 0 Å². The highest BCUT2D eigenvalue weighted by molar-refractivity contribution is 6.03. The van der Waals surface area contributed by atoms with Crippen LogP contribution in [-0.2, 0) is 10.4 Å². The van der Waals surface area contributed by atoms with Crippen LogP contribution in [0.15, 0.2) is 42.7 Å². The number of benzene rings is 1. The van der Waals surface area contributed by atoms with Gasteiger partial charge in [-0.25, -0.2) is 22.5 Å². The molecule has 1 aliphatic carbocycles. The minimum atomic E-state index is -1.97. The Morgan fingerprint density at radius 2 is 1.80 bits per heavy atom. The number of ether oxygens (including phenoxy) is 1. The molecule has 3 heterocycles. The average molecular weight is 559 g/mol. The second-order valence-electron chi connectivity index (χ2n) is 10.6. The number of pyridine rings is 2. The summed E-state index contributed by atoms with van der Waals surface area (Å²) < 4.78 is 65.5. The Hall–Kier alpha value is -3.41. The SMILES string of the molecule is C[C@H]1C[C@@H](c2ccncc2NC(=O)c2ccc(F)c(-c3c(F)cc(C4(F)CCOCC4)cc3F)n2)C[C@@H](N)[C@H]1O. The molecule has 212 valence electrons. The topological polar surface area (TPSA) is 110 Å². The molecule has 1 saturated carbocycles. The molecule has 5 rings (SSSR count). The molecule has 1 saturated heterocycles. The molecule has 1 amide bonds. The van der Waals surface area contributed by atoms with E-state index in [9.17, 15) is 14.3 Å². The number of carbonyl (C=O) groups excluding carboxylic acids is 1. The number of hydrogen-bond acceptors (Lipinski definition) is 6. The lowest BCUT2D eigenvalue weighted by atomic mass is 9.74. The van der Waals surface area contributed by atoms with Crippen molar-refractivity contribution in [2.24, 2.45) is 11.7 Å². The molecule has 40 heavy (non-hydrogen) atoms. The quantitative estimate of drug-likeness (QED) is 0.381. The van der Waals surface area contributed by atoms with E-state index in [1.807, 2.05) is 6.92 Å². The number of halogens is 4. The summed E-state index contributed by atoms with van der Waals surface area (Å²) in [4.78, 5) is 21.2. The number of alkyl halides is 1. The molecule has 11 heteroatoms. The lowest BCUT2D eigenvalue weighted by Crippen LogP contribution is -2.44. The number of anilines is 1. The molecule has 2 aromatic heterocycles. The zero-order valence-corrected chi connectivity index (χ0v) is 21.8. The number of hydrogen-bond donors (Lipinski definition) is 3. The van der Waals surface area contributed by atoms with Crippen molar-refractivity contribution in [2.75, 3.05) is 18.5 Å². The van der Waals surface area contributed by atoms with Gasteiger partial charge in [0.15, 0.2) is 0 Å². The van der Waals surface area contributed by atoms with Gasteiger partial charge in [-0.3, -0.25) is 9.78 Å². The van der Waals surface area contributed by atoms with Crippen molar-refractivity contribution in [3.05, 3.63) is 77.0 Å². The average Bonchev–Trinajstić information content (AvgIpc) is 2.92. The van der Waals surface area contributed by atoms with Gasteiger partial charge in [-0.1, -0.05) is 6.92 Å². The van der Waals surface area contributed by atoms with E-state index in [0.717, 1.165) is 29.8 Å². The molecular weight excluding hydrogens is 528 g/mol. The Labute approximate surface area is 228 Å². The monoisotopic (exact) mass is 558 g/mol. The first kappa shape index (κ1) is 28.1. The third kappa shape index (κ3) is 5.45. The van der Waals surface area contributed by atoms with Crippen LogP contribution in [0.1, 0.15) is 60.1 Å². The fraction of sp³-hybridized carbons (Fsp3) is 0.414. The first-order chi connectivity index (χ1) is 19.1. The largest absolute Gasteiger partial charge is 0.391 e. The summed E-state index contributed by atoms with van der Waals surface area (Å²) in [6.07, 6.45) is 3.44. The van der Waals surface area contributed by atoms with Gasteiger partial charge in [0.25, 0.3) is 5.91 Å². The van der Waals surface area contributed by atoms with Crippen LogP contribution in [0.4, 0.5) is 23.2 Å². The van der Waals surface area contributed by atoms with Crippen molar-refractivity contribution >= 4 is 11.6 Å². The fourth-order valence-electron chi connectivity index (χ4n) is 5.67. The number of aromatic nitrogens is 2. The molecule has 1 aromatic carbocycles. The van der Waals surface area contributed by atoms with Gasteiger partial charge in [0.1, 0.15) is 34.5 Å². The van der Waals surface area contributed by atoms with Gasteiger partial charge in [-0.05, 0) is 66.1 Å².